The quantitative estimate of drug-likeness (QED) is 0.530. The predicted octanol–water partition coefficient (Wildman–Crippen LogP) is 4.70. The standard InChI is InChI=1S/C22H20N4OS/c23-21-17(22-26-18-4-1-2-5-19(18)28-22)12-15(13-25-21)14-7-9-16(10-8-14)27-20-6-3-11-24-20/h1-2,4-5,7-10,12-13,20,24H,3,6,11H2,(H2,23,25). The number of fused-ring (bicyclic) bond motifs is 1. The van der Waals surface area contributed by atoms with E-state index in [9.17, 15) is 0 Å². The molecule has 3 N–H and O–H groups in total. The number of benzene rings is 2. The van der Waals surface area contributed by atoms with Gasteiger partial charge in [-0.25, -0.2) is 9.97 Å². The van der Waals surface area contributed by atoms with Gasteiger partial charge >= 0.3 is 0 Å². The van der Waals surface area contributed by atoms with E-state index in [0.717, 1.165) is 57.1 Å². The van der Waals surface area contributed by atoms with Gasteiger partial charge in [-0.2, -0.15) is 0 Å². The number of para-hydroxylation sites is 1. The molecule has 0 radical (unpaired) electrons. The molecule has 4 aromatic rings. The van der Waals surface area contributed by atoms with Crippen LogP contribution in [0.1, 0.15) is 12.8 Å². The summed E-state index contributed by atoms with van der Waals surface area (Å²) in [6.45, 7) is 1.02. The van der Waals surface area contributed by atoms with Crippen LogP contribution in [0.3, 0.4) is 0 Å². The van der Waals surface area contributed by atoms with E-state index in [4.69, 9.17) is 15.5 Å². The van der Waals surface area contributed by atoms with E-state index in [1.54, 1.807) is 17.5 Å². The van der Waals surface area contributed by atoms with Gasteiger partial charge in [0.15, 0.2) is 0 Å². The number of aromatic nitrogens is 2. The minimum absolute atomic E-state index is 0.120. The molecule has 1 fully saturated rings. The Kier molecular flexibility index (Phi) is 4.43. The van der Waals surface area contributed by atoms with Crippen molar-refractivity contribution in [2.24, 2.45) is 0 Å². The lowest BCUT2D eigenvalue weighted by atomic mass is 10.1. The van der Waals surface area contributed by atoms with Crippen molar-refractivity contribution in [2.45, 2.75) is 19.1 Å². The van der Waals surface area contributed by atoms with E-state index in [1.807, 2.05) is 30.3 Å². The number of hydrogen-bond donors (Lipinski definition) is 2. The monoisotopic (exact) mass is 388 g/mol. The number of nitrogen functional groups attached to an aromatic ring is 1. The van der Waals surface area contributed by atoms with Crippen molar-refractivity contribution < 1.29 is 4.74 Å². The number of nitrogens with one attached hydrogen (secondary N) is 1. The van der Waals surface area contributed by atoms with Gasteiger partial charge in [-0.3, -0.25) is 5.32 Å². The van der Waals surface area contributed by atoms with Crippen LogP contribution in [0.4, 0.5) is 5.82 Å². The van der Waals surface area contributed by atoms with Crippen molar-refractivity contribution in [3.63, 3.8) is 0 Å². The van der Waals surface area contributed by atoms with E-state index in [2.05, 4.69) is 34.6 Å². The Balaban J connectivity index is 1.45. The first-order valence-corrected chi connectivity index (χ1v) is 10.2. The van der Waals surface area contributed by atoms with E-state index in [0.29, 0.717) is 5.82 Å². The maximum Gasteiger partial charge on any atom is 0.150 e. The highest BCUT2D eigenvalue weighted by Gasteiger charge is 2.15. The number of rotatable bonds is 4. The second kappa shape index (κ2) is 7.22. The molecule has 1 unspecified atom stereocenters. The smallest absolute Gasteiger partial charge is 0.150 e. The van der Waals surface area contributed by atoms with Crippen molar-refractivity contribution in [3.05, 3.63) is 60.8 Å². The van der Waals surface area contributed by atoms with Gasteiger partial charge in [0.05, 0.1) is 15.8 Å². The molecule has 5 rings (SSSR count). The Labute approximate surface area is 167 Å². The molecule has 1 saturated heterocycles. The first-order valence-electron chi connectivity index (χ1n) is 9.38. The number of pyridine rings is 1. The van der Waals surface area contributed by atoms with Crippen LogP contribution < -0.4 is 15.8 Å². The molecule has 28 heavy (non-hydrogen) atoms. The summed E-state index contributed by atoms with van der Waals surface area (Å²) >= 11 is 1.63. The number of ether oxygens (including phenoxy) is 1. The molecule has 1 atom stereocenters. The van der Waals surface area contributed by atoms with E-state index in [-0.39, 0.29) is 6.23 Å². The topological polar surface area (TPSA) is 73.1 Å². The first-order chi connectivity index (χ1) is 13.8. The molecule has 2 aromatic carbocycles. The van der Waals surface area contributed by atoms with Crippen LogP contribution in [0.25, 0.3) is 31.9 Å². The summed E-state index contributed by atoms with van der Waals surface area (Å²) in [6.07, 6.45) is 4.14. The lowest BCUT2D eigenvalue weighted by molar-refractivity contribution is 0.187. The van der Waals surface area contributed by atoms with Gasteiger partial charge in [-0.1, -0.05) is 24.3 Å². The summed E-state index contributed by atoms with van der Waals surface area (Å²) in [7, 11) is 0. The lowest BCUT2D eigenvalue weighted by Crippen LogP contribution is -2.27. The molecule has 6 heteroatoms. The molecule has 0 aliphatic carbocycles. The van der Waals surface area contributed by atoms with Crippen LogP contribution in [0.15, 0.2) is 60.8 Å². The number of thiazole rings is 1. The highest BCUT2D eigenvalue weighted by atomic mass is 32.1. The van der Waals surface area contributed by atoms with Gasteiger partial charge < -0.3 is 10.5 Å². The third-order valence-corrected chi connectivity index (χ3v) is 5.99. The fourth-order valence-corrected chi connectivity index (χ4v) is 4.43. The zero-order valence-corrected chi connectivity index (χ0v) is 16.1. The van der Waals surface area contributed by atoms with Crippen LogP contribution in [-0.2, 0) is 0 Å². The van der Waals surface area contributed by atoms with Crippen LogP contribution in [0.2, 0.25) is 0 Å². The molecule has 1 aliphatic rings. The Bertz CT molecular complexity index is 1080. The second-order valence-electron chi connectivity index (χ2n) is 6.87. The lowest BCUT2D eigenvalue weighted by Gasteiger charge is -2.14. The number of hydrogen-bond acceptors (Lipinski definition) is 6. The van der Waals surface area contributed by atoms with Crippen molar-refractivity contribution in [2.75, 3.05) is 12.3 Å². The molecule has 0 amide bonds. The molecule has 3 heterocycles. The third-order valence-electron chi connectivity index (χ3n) is 4.92. The summed E-state index contributed by atoms with van der Waals surface area (Å²) in [5.41, 5.74) is 10.1. The maximum atomic E-state index is 6.17. The van der Waals surface area contributed by atoms with Gasteiger partial charge in [-0.15, -0.1) is 11.3 Å². The van der Waals surface area contributed by atoms with E-state index in [1.165, 1.54) is 0 Å². The summed E-state index contributed by atoms with van der Waals surface area (Å²) in [4.78, 5) is 9.13. The fraction of sp³-hybridized carbons (Fsp3) is 0.182. The molecular weight excluding hydrogens is 368 g/mol. The maximum absolute atomic E-state index is 6.17. The second-order valence-corrected chi connectivity index (χ2v) is 7.90. The van der Waals surface area contributed by atoms with Crippen LogP contribution in [0, 0.1) is 0 Å². The van der Waals surface area contributed by atoms with Crippen molar-refractivity contribution in [1.29, 1.82) is 0 Å². The molecule has 140 valence electrons. The van der Waals surface area contributed by atoms with Gasteiger partial charge in [0.1, 0.15) is 22.8 Å². The fourth-order valence-electron chi connectivity index (χ4n) is 3.44. The Morgan fingerprint density at radius 1 is 1.07 bits per heavy atom. The normalized spacial score (nSPS) is 16.5. The van der Waals surface area contributed by atoms with Crippen molar-refractivity contribution in [1.82, 2.24) is 15.3 Å². The molecule has 5 nitrogen and oxygen atoms in total. The van der Waals surface area contributed by atoms with E-state index < -0.39 is 0 Å². The largest absolute Gasteiger partial charge is 0.475 e. The number of nitrogens with zero attached hydrogens (tertiary/aromatic N) is 2. The summed E-state index contributed by atoms with van der Waals surface area (Å²) in [5.74, 6) is 1.37. The number of nitrogens with two attached hydrogens (primary N) is 1. The van der Waals surface area contributed by atoms with Crippen LogP contribution in [0.5, 0.6) is 5.75 Å². The predicted molar refractivity (Wildman–Crippen MR) is 114 cm³/mol. The minimum Gasteiger partial charge on any atom is -0.475 e. The third kappa shape index (κ3) is 3.32. The Morgan fingerprint density at radius 3 is 2.71 bits per heavy atom. The molecule has 0 saturated carbocycles. The molecule has 0 bridgehead atoms. The zero-order chi connectivity index (χ0) is 18.9. The molecule has 2 aromatic heterocycles. The van der Waals surface area contributed by atoms with Gasteiger partial charge in [0.25, 0.3) is 0 Å². The summed E-state index contributed by atoms with van der Waals surface area (Å²) in [5, 5.41) is 4.23. The first kappa shape index (κ1) is 17.2. The SMILES string of the molecule is Nc1ncc(-c2ccc(OC3CCCN3)cc2)cc1-c1nc2ccccc2s1. The number of anilines is 1. The summed E-state index contributed by atoms with van der Waals surface area (Å²) < 4.78 is 7.10. The van der Waals surface area contributed by atoms with E-state index >= 15 is 0 Å². The van der Waals surface area contributed by atoms with Gasteiger partial charge in [0, 0.05) is 11.8 Å². The Morgan fingerprint density at radius 2 is 1.93 bits per heavy atom. The van der Waals surface area contributed by atoms with Crippen molar-refractivity contribution in [3.8, 4) is 27.4 Å². The molecule has 1 aliphatic heterocycles. The van der Waals surface area contributed by atoms with Gasteiger partial charge in [-0.05, 0) is 55.3 Å². The minimum atomic E-state index is 0.120. The summed E-state index contributed by atoms with van der Waals surface area (Å²) in [6, 6.07) is 18.3. The van der Waals surface area contributed by atoms with Crippen molar-refractivity contribution >= 4 is 27.4 Å². The average molecular weight is 388 g/mol. The Hall–Kier alpha value is -2.96. The molecule has 0 spiro atoms. The van der Waals surface area contributed by atoms with Crippen LogP contribution >= 0.6 is 11.3 Å². The van der Waals surface area contributed by atoms with Crippen LogP contribution in [-0.4, -0.2) is 22.7 Å². The zero-order valence-electron chi connectivity index (χ0n) is 15.3. The average Bonchev–Trinajstić information content (AvgIpc) is 3.38. The van der Waals surface area contributed by atoms with Gasteiger partial charge in [0.2, 0.25) is 0 Å². The molecular formula is C22H20N4OS. The highest BCUT2D eigenvalue weighted by Crippen LogP contribution is 2.35. The highest BCUT2D eigenvalue weighted by molar-refractivity contribution is 7.21.